The first-order chi connectivity index (χ1) is 8.00. The first-order valence-electron chi connectivity index (χ1n) is 5.67. The monoisotopic (exact) mass is 234 g/mol. The van der Waals surface area contributed by atoms with Crippen LogP contribution in [0.3, 0.4) is 0 Å². The van der Waals surface area contributed by atoms with E-state index >= 15 is 0 Å². The molecule has 92 valence electrons. The molecule has 0 aliphatic heterocycles. The fourth-order valence-corrected chi connectivity index (χ4v) is 1.34. The third-order valence-electron chi connectivity index (χ3n) is 2.21. The van der Waals surface area contributed by atoms with E-state index in [1.54, 1.807) is 31.2 Å². The first kappa shape index (κ1) is 13.2. The number of nitrogens with one attached hydrogen (secondary N) is 2. The summed E-state index contributed by atoms with van der Waals surface area (Å²) in [6.07, 6.45) is 0. The van der Waals surface area contributed by atoms with Gasteiger partial charge < -0.3 is 10.6 Å². The second kappa shape index (κ2) is 6.03. The van der Waals surface area contributed by atoms with Crippen LogP contribution in [0.15, 0.2) is 30.3 Å². The molecule has 0 fully saturated rings. The van der Waals surface area contributed by atoms with E-state index in [-0.39, 0.29) is 17.9 Å². The van der Waals surface area contributed by atoms with Crippen molar-refractivity contribution in [2.24, 2.45) is 0 Å². The van der Waals surface area contributed by atoms with Gasteiger partial charge in [0.15, 0.2) is 0 Å². The number of hydrogen-bond acceptors (Lipinski definition) is 2. The first-order valence-corrected chi connectivity index (χ1v) is 5.67. The van der Waals surface area contributed by atoms with Crippen LogP contribution in [-0.4, -0.2) is 23.9 Å². The van der Waals surface area contributed by atoms with Crippen LogP contribution in [0.25, 0.3) is 0 Å². The van der Waals surface area contributed by atoms with Crippen LogP contribution in [0.4, 0.5) is 0 Å². The fraction of sp³-hybridized carbons (Fsp3) is 0.385. The maximum Gasteiger partial charge on any atom is 0.251 e. The zero-order valence-electron chi connectivity index (χ0n) is 10.4. The topological polar surface area (TPSA) is 58.2 Å². The zero-order chi connectivity index (χ0) is 12.8. The highest BCUT2D eigenvalue weighted by Gasteiger charge is 2.16. The molecule has 0 heterocycles. The van der Waals surface area contributed by atoms with Gasteiger partial charge in [-0.2, -0.15) is 0 Å². The van der Waals surface area contributed by atoms with E-state index in [2.05, 4.69) is 10.6 Å². The van der Waals surface area contributed by atoms with Gasteiger partial charge in [-0.05, 0) is 32.9 Å². The van der Waals surface area contributed by atoms with Crippen molar-refractivity contribution in [3.63, 3.8) is 0 Å². The average molecular weight is 234 g/mol. The standard InChI is InChI=1S/C13H18N2O2/c1-9(2)14-12(16)10(3)15-13(17)11-7-5-4-6-8-11/h4-10H,1-3H3,(H,14,16)(H,15,17). The van der Waals surface area contributed by atoms with Crippen molar-refractivity contribution in [3.05, 3.63) is 35.9 Å². The number of carbonyl (C=O) groups excluding carboxylic acids is 2. The smallest absolute Gasteiger partial charge is 0.251 e. The third-order valence-corrected chi connectivity index (χ3v) is 2.21. The Balaban J connectivity index is 2.55. The molecule has 0 aliphatic carbocycles. The normalized spacial score (nSPS) is 12.0. The van der Waals surface area contributed by atoms with Gasteiger partial charge in [0, 0.05) is 11.6 Å². The van der Waals surface area contributed by atoms with Crippen molar-refractivity contribution in [1.82, 2.24) is 10.6 Å². The molecule has 0 saturated heterocycles. The second-order valence-corrected chi connectivity index (χ2v) is 4.22. The minimum atomic E-state index is -0.537. The van der Waals surface area contributed by atoms with Gasteiger partial charge in [-0.25, -0.2) is 0 Å². The SMILES string of the molecule is CC(C)NC(=O)C(C)NC(=O)c1ccccc1. The zero-order valence-corrected chi connectivity index (χ0v) is 10.4. The Kier molecular flexibility index (Phi) is 4.69. The van der Waals surface area contributed by atoms with Crippen molar-refractivity contribution in [2.45, 2.75) is 32.9 Å². The van der Waals surface area contributed by atoms with E-state index in [0.717, 1.165) is 0 Å². The summed E-state index contributed by atoms with van der Waals surface area (Å²) in [5, 5.41) is 5.40. The summed E-state index contributed by atoms with van der Waals surface area (Å²) in [5.41, 5.74) is 0.552. The summed E-state index contributed by atoms with van der Waals surface area (Å²) in [7, 11) is 0. The van der Waals surface area contributed by atoms with E-state index < -0.39 is 6.04 Å². The minimum absolute atomic E-state index is 0.0681. The van der Waals surface area contributed by atoms with Crippen molar-refractivity contribution in [1.29, 1.82) is 0 Å². The molecule has 1 aromatic carbocycles. The van der Waals surface area contributed by atoms with Crippen molar-refractivity contribution in [3.8, 4) is 0 Å². The molecule has 0 spiro atoms. The number of rotatable bonds is 4. The van der Waals surface area contributed by atoms with Gasteiger partial charge in [0.2, 0.25) is 5.91 Å². The fourth-order valence-electron chi connectivity index (χ4n) is 1.34. The molecule has 0 bridgehead atoms. The van der Waals surface area contributed by atoms with E-state index in [9.17, 15) is 9.59 Å². The molecule has 0 radical (unpaired) electrons. The van der Waals surface area contributed by atoms with Gasteiger partial charge in [0.05, 0.1) is 0 Å². The van der Waals surface area contributed by atoms with E-state index in [1.807, 2.05) is 19.9 Å². The lowest BCUT2D eigenvalue weighted by Crippen LogP contribution is -2.46. The highest BCUT2D eigenvalue weighted by atomic mass is 16.2. The molecule has 0 aromatic heterocycles. The Labute approximate surface area is 101 Å². The van der Waals surface area contributed by atoms with Crippen LogP contribution >= 0.6 is 0 Å². The average Bonchev–Trinajstić information content (AvgIpc) is 2.29. The quantitative estimate of drug-likeness (QED) is 0.825. The van der Waals surface area contributed by atoms with Gasteiger partial charge >= 0.3 is 0 Å². The summed E-state index contributed by atoms with van der Waals surface area (Å²) in [6, 6.07) is 8.36. The number of benzene rings is 1. The van der Waals surface area contributed by atoms with Crippen molar-refractivity contribution < 1.29 is 9.59 Å². The van der Waals surface area contributed by atoms with Crippen molar-refractivity contribution >= 4 is 11.8 Å². The molecule has 0 saturated carbocycles. The molecule has 0 aliphatic rings. The molecular weight excluding hydrogens is 216 g/mol. The molecule has 17 heavy (non-hydrogen) atoms. The van der Waals surface area contributed by atoms with Gasteiger partial charge in [-0.1, -0.05) is 18.2 Å². The molecule has 1 atom stereocenters. The van der Waals surface area contributed by atoms with E-state index in [0.29, 0.717) is 5.56 Å². The van der Waals surface area contributed by atoms with Crippen LogP contribution in [0.5, 0.6) is 0 Å². The van der Waals surface area contributed by atoms with Crippen LogP contribution in [0.2, 0.25) is 0 Å². The molecule has 1 unspecified atom stereocenters. The maximum atomic E-state index is 11.8. The highest BCUT2D eigenvalue weighted by Crippen LogP contribution is 1.98. The lowest BCUT2D eigenvalue weighted by atomic mass is 10.2. The number of carbonyl (C=O) groups is 2. The van der Waals surface area contributed by atoms with Crippen LogP contribution in [0.1, 0.15) is 31.1 Å². The Morgan fingerprint density at radius 1 is 1.00 bits per heavy atom. The second-order valence-electron chi connectivity index (χ2n) is 4.22. The molecule has 1 rings (SSSR count). The Bertz CT molecular complexity index is 388. The number of amides is 2. The Morgan fingerprint density at radius 2 is 1.59 bits per heavy atom. The van der Waals surface area contributed by atoms with Crippen LogP contribution < -0.4 is 10.6 Å². The molecular formula is C13H18N2O2. The van der Waals surface area contributed by atoms with Gasteiger partial charge in [-0.15, -0.1) is 0 Å². The van der Waals surface area contributed by atoms with Crippen LogP contribution in [0, 0.1) is 0 Å². The van der Waals surface area contributed by atoms with E-state index in [1.165, 1.54) is 0 Å². The molecule has 2 amide bonds. The molecule has 2 N–H and O–H groups in total. The summed E-state index contributed by atoms with van der Waals surface area (Å²) in [5.74, 6) is -0.415. The van der Waals surface area contributed by atoms with E-state index in [4.69, 9.17) is 0 Å². The summed E-state index contributed by atoms with van der Waals surface area (Å²) in [6.45, 7) is 5.42. The molecule has 4 heteroatoms. The summed E-state index contributed by atoms with van der Waals surface area (Å²) >= 11 is 0. The maximum absolute atomic E-state index is 11.8. The number of hydrogen-bond donors (Lipinski definition) is 2. The Hall–Kier alpha value is -1.84. The Morgan fingerprint density at radius 3 is 2.12 bits per heavy atom. The summed E-state index contributed by atoms with van der Waals surface area (Å²) < 4.78 is 0. The third kappa shape index (κ3) is 4.26. The van der Waals surface area contributed by atoms with Gasteiger partial charge in [-0.3, -0.25) is 9.59 Å². The van der Waals surface area contributed by atoms with Gasteiger partial charge in [0.25, 0.3) is 5.91 Å². The predicted octanol–water partition coefficient (Wildman–Crippen LogP) is 1.33. The molecule has 4 nitrogen and oxygen atoms in total. The van der Waals surface area contributed by atoms with Crippen LogP contribution in [-0.2, 0) is 4.79 Å². The summed E-state index contributed by atoms with van der Waals surface area (Å²) in [4.78, 5) is 23.3. The lowest BCUT2D eigenvalue weighted by molar-refractivity contribution is -0.123. The highest BCUT2D eigenvalue weighted by molar-refractivity contribution is 5.97. The largest absolute Gasteiger partial charge is 0.352 e. The minimum Gasteiger partial charge on any atom is -0.352 e. The van der Waals surface area contributed by atoms with Gasteiger partial charge in [0.1, 0.15) is 6.04 Å². The van der Waals surface area contributed by atoms with Crippen molar-refractivity contribution in [2.75, 3.05) is 0 Å². The predicted molar refractivity (Wildman–Crippen MR) is 66.6 cm³/mol. The lowest BCUT2D eigenvalue weighted by Gasteiger charge is -2.15. The molecule has 1 aromatic rings.